The number of hydrogen-bond donors (Lipinski definition) is 0. The van der Waals surface area contributed by atoms with Crippen molar-refractivity contribution in [2.45, 2.75) is 19.2 Å². The van der Waals surface area contributed by atoms with Crippen LogP contribution < -0.4 is 0 Å². The van der Waals surface area contributed by atoms with Crippen molar-refractivity contribution in [1.82, 2.24) is 14.8 Å². The molecule has 0 aliphatic carbocycles. The van der Waals surface area contributed by atoms with E-state index >= 15 is 0 Å². The van der Waals surface area contributed by atoms with Crippen LogP contribution in [-0.4, -0.2) is 26.8 Å². The predicted molar refractivity (Wildman–Crippen MR) is 92.3 cm³/mol. The molecule has 0 saturated heterocycles. The molecule has 1 aromatic heterocycles. The number of hydrogen-bond acceptors (Lipinski definition) is 5. The number of carbonyl (C=O) groups excluding carboxylic acids is 1. The molecule has 2 aromatic carbocycles. The predicted octanol–water partition coefficient (Wildman–Crippen LogP) is 4.02. The summed E-state index contributed by atoms with van der Waals surface area (Å²) in [6.07, 6.45) is -5.55. The lowest BCUT2D eigenvalue weighted by Crippen LogP contribution is -2.14. The first kappa shape index (κ1) is 19.1. The Labute approximate surface area is 157 Å². The van der Waals surface area contributed by atoms with E-state index in [2.05, 4.69) is 10.1 Å². The Balaban J connectivity index is 2.12. The van der Waals surface area contributed by atoms with Gasteiger partial charge in [-0.25, -0.2) is 14.5 Å². The number of carbonyl (C=O) groups is 1. The van der Waals surface area contributed by atoms with Gasteiger partial charge in [0.1, 0.15) is 6.07 Å². The van der Waals surface area contributed by atoms with E-state index in [1.165, 1.54) is 19.1 Å². The largest absolute Gasteiger partial charge is 0.441 e. The number of benzene rings is 2. The van der Waals surface area contributed by atoms with Gasteiger partial charge in [-0.15, -0.1) is 5.10 Å². The molecule has 0 fully saturated rings. The van der Waals surface area contributed by atoms with Crippen LogP contribution in [0.5, 0.6) is 0 Å². The van der Waals surface area contributed by atoms with Crippen LogP contribution in [0, 0.1) is 11.3 Å². The summed E-state index contributed by atoms with van der Waals surface area (Å²) in [6.45, 7) is 1.37. The van der Waals surface area contributed by atoms with Crippen LogP contribution in [-0.2, 0) is 10.9 Å². The first-order valence-electron chi connectivity index (χ1n) is 8.10. The van der Waals surface area contributed by atoms with Crippen molar-refractivity contribution < 1.29 is 22.7 Å². The summed E-state index contributed by atoms with van der Waals surface area (Å²) in [5.41, 5.74) is -0.241. The van der Waals surface area contributed by atoms with Gasteiger partial charge in [0.2, 0.25) is 0 Å². The number of alkyl halides is 3. The maximum absolute atomic E-state index is 13.1. The highest BCUT2D eigenvalue weighted by molar-refractivity contribution is 5.86. The summed E-state index contributed by atoms with van der Waals surface area (Å²) in [5, 5.41) is 12.8. The summed E-state index contributed by atoms with van der Waals surface area (Å²) >= 11 is 0. The van der Waals surface area contributed by atoms with E-state index in [0.717, 1.165) is 16.8 Å². The molecular formula is C19H13F3N4O2. The van der Waals surface area contributed by atoms with Crippen molar-refractivity contribution in [3.05, 3.63) is 66.0 Å². The normalized spacial score (nSPS) is 12.2. The average Bonchev–Trinajstić information content (AvgIpc) is 3.13. The Kier molecular flexibility index (Phi) is 5.13. The van der Waals surface area contributed by atoms with Gasteiger partial charge >= 0.3 is 12.1 Å². The lowest BCUT2D eigenvalue weighted by Gasteiger charge is -2.10. The number of aromatic nitrogens is 3. The minimum Gasteiger partial charge on any atom is -0.441 e. The number of nitriles is 1. The van der Waals surface area contributed by atoms with Gasteiger partial charge in [-0.1, -0.05) is 36.4 Å². The molecule has 0 unspecified atom stereocenters. The Hall–Kier alpha value is -3.67. The number of esters is 1. The van der Waals surface area contributed by atoms with Crippen molar-refractivity contribution >= 4 is 5.97 Å². The molecule has 6 nitrogen and oxygen atoms in total. The number of halogens is 3. The van der Waals surface area contributed by atoms with Gasteiger partial charge in [-0.3, -0.25) is 0 Å². The van der Waals surface area contributed by atoms with Crippen molar-refractivity contribution in [3.8, 4) is 23.1 Å². The lowest BCUT2D eigenvalue weighted by molar-refractivity contribution is -0.137. The summed E-state index contributed by atoms with van der Waals surface area (Å²) < 4.78 is 45.2. The Bertz CT molecular complexity index is 1040. The van der Waals surface area contributed by atoms with Crippen molar-refractivity contribution in [1.29, 1.82) is 5.26 Å². The summed E-state index contributed by atoms with van der Waals surface area (Å²) in [5.74, 6) is -1.15. The molecule has 0 bridgehead atoms. The second-order valence-electron chi connectivity index (χ2n) is 5.76. The monoisotopic (exact) mass is 386 g/mol. The topological polar surface area (TPSA) is 80.8 Å². The van der Waals surface area contributed by atoms with E-state index in [1.807, 2.05) is 0 Å². The molecular weight excluding hydrogens is 373 g/mol. The molecule has 9 heteroatoms. The third kappa shape index (κ3) is 4.01. The smallest absolute Gasteiger partial charge is 0.416 e. The van der Waals surface area contributed by atoms with Crippen LogP contribution in [0.1, 0.15) is 23.1 Å². The molecule has 1 atom stereocenters. The minimum absolute atomic E-state index is 0.0774. The van der Waals surface area contributed by atoms with Gasteiger partial charge in [0.25, 0.3) is 5.82 Å². The summed E-state index contributed by atoms with van der Waals surface area (Å²) in [7, 11) is 0. The van der Waals surface area contributed by atoms with Crippen molar-refractivity contribution in [2.75, 3.05) is 0 Å². The number of rotatable bonds is 4. The van der Waals surface area contributed by atoms with E-state index in [9.17, 15) is 18.0 Å². The molecule has 142 valence electrons. The second-order valence-corrected chi connectivity index (χ2v) is 5.76. The van der Waals surface area contributed by atoms with E-state index in [0.29, 0.717) is 5.56 Å². The van der Waals surface area contributed by atoms with E-state index < -0.39 is 23.8 Å². The zero-order chi connectivity index (χ0) is 20.3. The Morgan fingerprint density at radius 3 is 2.54 bits per heavy atom. The quantitative estimate of drug-likeness (QED) is 0.633. The van der Waals surface area contributed by atoms with E-state index in [4.69, 9.17) is 10.00 Å². The van der Waals surface area contributed by atoms with Crippen LogP contribution >= 0.6 is 0 Å². The molecule has 0 aliphatic rings. The number of ether oxygens (including phenoxy) is 1. The highest BCUT2D eigenvalue weighted by atomic mass is 19.4. The standard InChI is InChI=1S/C19H13F3N4O2/c1-12(11-23)28-18(27)16-24-17(13-6-3-2-4-7-13)26(25-16)15-9-5-8-14(10-15)19(20,21)22/h2-10,12H,1H3/t12-/m1/s1. The fourth-order valence-corrected chi connectivity index (χ4v) is 2.41. The molecule has 0 aliphatic heterocycles. The van der Waals surface area contributed by atoms with E-state index in [-0.39, 0.29) is 17.3 Å². The first-order valence-corrected chi connectivity index (χ1v) is 8.10. The molecule has 0 N–H and O–H groups in total. The number of nitrogens with zero attached hydrogens (tertiary/aromatic N) is 4. The minimum atomic E-state index is -4.53. The van der Waals surface area contributed by atoms with Gasteiger partial charge in [-0.05, 0) is 25.1 Å². The van der Waals surface area contributed by atoms with E-state index in [1.54, 1.807) is 36.4 Å². The zero-order valence-electron chi connectivity index (χ0n) is 14.5. The van der Waals surface area contributed by atoms with Crippen LogP contribution in [0.4, 0.5) is 13.2 Å². The Morgan fingerprint density at radius 2 is 1.89 bits per heavy atom. The van der Waals surface area contributed by atoms with Gasteiger partial charge in [0.15, 0.2) is 11.9 Å². The zero-order valence-corrected chi connectivity index (χ0v) is 14.5. The van der Waals surface area contributed by atoms with Gasteiger partial charge < -0.3 is 4.74 Å². The molecule has 0 amide bonds. The molecule has 3 aromatic rings. The maximum atomic E-state index is 13.1. The van der Waals surface area contributed by atoms with Crippen LogP contribution in [0.3, 0.4) is 0 Å². The molecule has 3 rings (SSSR count). The van der Waals surface area contributed by atoms with Gasteiger partial charge in [0, 0.05) is 5.56 Å². The highest BCUT2D eigenvalue weighted by Gasteiger charge is 2.31. The Morgan fingerprint density at radius 1 is 1.18 bits per heavy atom. The van der Waals surface area contributed by atoms with Gasteiger partial charge in [-0.2, -0.15) is 18.4 Å². The summed E-state index contributed by atoms with van der Waals surface area (Å²) in [4.78, 5) is 16.3. The van der Waals surface area contributed by atoms with Crippen LogP contribution in [0.15, 0.2) is 54.6 Å². The summed E-state index contributed by atoms with van der Waals surface area (Å²) in [6, 6.07) is 14.8. The average molecular weight is 386 g/mol. The molecule has 0 radical (unpaired) electrons. The van der Waals surface area contributed by atoms with Crippen molar-refractivity contribution in [3.63, 3.8) is 0 Å². The fourth-order valence-electron chi connectivity index (χ4n) is 2.41. The SMILES string of the molecule is C[C@H](C#N)OC(=O)c1nc(-c2ccccc2)n(-c2cccc(C(F)(F)F)c2)n1. The second kappa shape index (κ2) is 7.52. The molecule has 0 saturated carbocycles. The fraction of sp³-hybridized carbons (Fsp3) is 0.158. The highest BCUT2D eigenvalue weighted by Crippen LogP contribution is 2.31. The van der Waals surface area contributed by atoms with Gasteiger partial charge in [0.05, 0.1) is 11.3 Å². The maximum Gasteiger partial charge on any atom is 0.416 e. The molecule has 0 spiro atoms. The lowest BCUT2D eigenvalue weighted by atomic mass is 10.2. The van der Waals surface area contributed by atoms with Crippen LogP contribution in [0.2, 0.25) is 0 Å². The first-order chi connectivity index (χ1) is 13.3. The third-order valence-electron chi connectivity index (χ3n) is 3.71. The molecule has 1 heterocycles. The molecule has 28 heavy (non-hydrogen) atoms. The van der Waals surface area contributed by atoms with Crippen LogP contribution in [0.25, 0.3) is 17.1 Å². The third-order valence-corrected chi connectivity index (χ3v) is 3.71. The van der Waals surface area contributed by atoms with Crippen molar-refractivity contribution in [2.24, 2.45) is 0 Å².